The van der Waals surface area contributed by atoms with Gasteiger partial charge in [0.15, 0.2) is 17.4 Å². The van der Waals surface area contributed by atoms with Crippen LogP contribution in [0.2, 0.25) is 0 Å². The standard InChI is InChI=1S/C11H12F2N2O3/c1-17-10-3-7(12)9(2-8(10)13)15-5-6(4-14)18-11(15)16/h2-3,6H,4-5,14H2,1H3. The molecule has 98 valence electrons. The van der Waals surface area contributed by atoms with Gasteiger partial charge in [-0.3, -0.25) is 4.90 Å². The van der Waals surface area contributed by atoms with E-state index in [0.717, 1.165) is 17.0 Å². The van der Waals surface area contributed by atoms with E-state index in [1.807, 2.05) is 0 Å². The van der Waals surface area contributed by atoms with Crippen LogP contribution in [0.25, 0.3) is 0 Å². The number of methoxy groups -OCH3 is 1. The van der Waals surface area contributed by atoms with Crippen LogP contribution in [0.15, 0.2) is 12.1 Å². The van der Waals surface area contributed by atoms with Gasteiger partial charge in [-0.05, 0) is 0 Å². The third-order valence-electron chi connectivity index (χ3n) is 2.65. The van der Waals surface area contributed by atoms with Gasteiger partial charge < -0.3 is 15.2 Å². The number of benzene rings is 1. The molecule has 1 aliphatic rings. The summed E-state index contributed by atoms with van der Waals surface area (Å²) in [7, 11) is 1.23. The zero-order valence-electron chi connectivity index (χ0n) is 9.65. The van der Waals surface area contributed by atoms with Gasteiger partial charge in [-0.15, -0.1) is 0 Å². The van der Waals surface area contributed by atoms with Crippen molar-refractivity contribution < 1.29 is 23.0 Å². The summed E-state index contributed by atoms with van der Waals surface area (Å²) < 4.78 is 36.8. The smallest absolute Gasteiger partial charge is 0.414 e. The number of ether oxygens (including phenoxy) is 2. The van der Waals surface area contributed by atoms with E-state index in [-0.39, 0.29) is 24.5 Å². The largest absolute Gasteiger partial charge is 0.494 e. The van der Waals surface area contributed by atoms with Crippen LogP contribution in [-0.4, -0.2) is 32.4 Å². The lowest BCUT2D eigenvalue weighted by Crippen LogP contribution is -2.28. The first-order valence-corrected chi connectivity index (χ1v) is 5.28. The zero-order valence-corrected chi connectivity index (χ0v) is 9.65. The van der Waals surface area contributed by atoms with Crippen molar-refractivity contribution in [3.8, 4) is 5.75 Å². The third-order valence-corrected chi connectivity index (χ3v) is 2.65. The summed E-state index contributed by atoms with van der Waals surface area (Å²) in [6.45, 7) is 0.223. The van der Waals surface area contributed by atoms with E-state index < -0.39 is 23.8 Å². The maximum atomic E-state index is 13.7. The van der Waals surface area contributed by atoms with Gasteiger partial charge in [-0.25, -0.2) is 13.6 Å². The second-order valence-electron chi connectivity index (χ2n) is 3.79. The number of cyclic esters (lactones) is 1. The van der Waals surface area contributed by atoms with Gasteiger partial charge in [0, 0.05) is 18.7 Å². The Balaban J connectivity index is 2.34. The molecule has 18 heavy (non-hydrogen) atoms. The molecule has 7 heteroatoms. The van der Waals surface area contributed by atoms with Crippen LogP contribution in [0.5, 0.6) is 5.75 Å². The van der Waals surface area contributed by atoms with Gasteiger partial charge in [-0.1, -0.05) is 0 Å². The SMILES string of the molecule is COc1cc(F)c(N2CC(CN)OC2=O)cc1F. The van der Waals surface area contributed by atoms with Crippen molar-refractivity contribution in [1.29, 1.82) is 0 Å². The predicted molar refractivity (Wildman–Crippen MR) is 59.6 cm³/mol. The summed E-state index contributed by atoms with van der Waals surface area (Å²) in [5.41, 5.74) is 5.17. The van der Waals surface area contributed by atoms with Crippen molar-refractivity contribution >= 4 is 11.8 Å². The summed E-state index contributed by atoms with van der Waals surface area (Å²) in [5.74, 6) is -1.74. The van der Waals surface area contributed by atoms with E-state index in [9.17, 15) is 13.6 Å². The molecular weight excluding hydrogens is 246 g/mol. The van der Waals surface area contributed by atoms with Crippen LogP contribution in [0.1, 0.15) is 0 Å². The number of rotatable bonds is 3. The predicted octanol–water partition coefficient (Wildman–Crippen LogP) is 1.26. The molecule has 0 bridgehead atoms. The Morgan fingerprint density at radius 1 is 1.50 bits per heavy atom. The second-order valence-corrected chi connectivity index (χ2v) is 3.79. The number of anilines is 1. The summed E-state index contributed by atoms with van der Waals surface area (Å²) in [5, 5.41) is 0. The fourth-order valence-corrected chi connectivity index (χ4v) is 1.72. The van der Waals surface area contributed by atoms with E-state index in [2.05, 4.69) is 4.74 Å². The minimum absolute atomic E-state index is 0.0953. The highest BCUT2D eigenvalue weighted by Crippen LogP contribution is 2.30. The number of nitrogens with zero attached hydrogens (tertiary/aromatic N) is 1. The Hall–Kier alpha value is -1.89. The van der Waals surface area contributed by atoms with Crippen molar-refractivity contribution in [1.82, 2.24) is 0 Å². The monoisotopic (exact) mass is 258 g/mol. The van der Waals surface area contributed by atoms with Gasteiger partial charge in [0.2, 0.25) is 0 Å². The van der Waals surface area contributed by atoms with Crippen LogP contribution >= 0.6 is 0 Å². The van der Waals surface area contributed by atoms with Crippen LogP contribution in [0.4, 0.5) is 19.3 Å². The molecule has 1 amide bonds. The Morgan fingerprint density at radius 3 is 2.78 bits per heavy atom. The lowest BCUT2D eigenvalue weighted by atomic mass is 10.2. The highest BCUT2D eigenvalue weighted by atomic mass is 19.1. The lowest BCUT2D eigenvalue weighted by Gasteiger charge is -2.15. The molecular formula is C11H12F2N2O3. The number of carbonyl (C=O) groups excluding carboxylic acids is 1. The van der Waals surface area contributed by atoms with Gasteiger partial charge in [0.25, 0.3) is 0 Å². The molecule has 1 heterocycles. The van der Waals surface area contributed by atoms with E-state index in [4.69, 9.17) is 10.5 Å². The van der Waals surface area contributed by atoms with Crippen molar-refractivity contribution in [2.75, 3.05) is 25.1 Å². The molecule has 5 nitrogen and oxygen atoms in total. The Labute approximate surface area is 102 Å². The van der Waals surface area contributed by atoms with E-state index in [1.54, 1.807) is 0 Å². The van der Waals surface area contributed by atoms with E-state index >= 15 is 0 Å². The van der Waals surface area contributed by atoms with Crippen LogP contribution in [0.3, 0.4) is 0 Å². The molecule has 0 radical (unpaired) electrons. The molecule has 1 aromatic rings. The van der Waals surface area contributed by atoms with Gasteiger partial charge in [0.1, 0.15) is 6.10 Å². The van der Waals surface area contributed by atoms with Crippen LogP contribution in [0, 0.1) is 11.6 Å². The first kappa shape index (κ1) is 12.6. The maximum Gasteiger partial charge on any atom is 0.414 e. The van der Waals surface area contributed by atoms with Gasteiger partial charge in [-0.2, -0.15) is 0 Å². The number of halogens is 2. The molecule has 0 aliphatic carbocycles. The molecule has 1 aliphatic heterocycles. The minimum Gasteiger partial charge on any atom is -0.494 e. The van der Waals surface area contributed by atoms with Crippen molar-refractivity contribution in [2.45, 2.75) is 6.10 Å². The Bertz CT molecular complexity index is 482. The molecule has 2 rings (SSSR count). The quantitative estimate of drug-likeness (QED) is 0.886. The van der Waals surface area contributed by atoms with Crippen LogP contribution < -0.4 is 15.4 Å². The maximum absolute atomic E-state index is 13.7. The lowest BCUT2D eigenvalue weighted by molar-refractivity contribution is 0.145. The first-order valence-electron chi connectivity index (χ1n) is 5.28. The highest BCUT2D eigenvalue weighted by Gasteiger charge is 2.33. The summed E-state index contributed by atoms with van der Waals surface area (Å²) in [4.78, 5) is 12.5. The summed E-state index contributed by atoms with van der Waals surface area (Å²) >= 11 is 0. The Kier molecular flexibility index (Phi) is 3.33. The van der Waals surface area contributed by atoms with E-state index in [1.165, 1.54) is 7.11 Å². The van der Waals surface area contributed by atoms with Crippen molar-refractivity contribution in [2.24, 2.45) is 5.73 Å². The topological polar surface area (TPSA) is 64.8 Å². The molecule has 1 atom stereocenters. The fraction of sp³-hybridized carbons (Fsp3) is 0.364. The normalized spacial score (nSPS) is 19.0. The van der Waals surface area contributed by atoms with Gasteiger partial charge >= 0.3 is 6.09 Å². The minimum atomic E-state index is -0.761. The molecule has 0 saturated carbocycles. The zero-order chi connectivity index (χ0) is 13.3. The number of hydrogen-bond acceptors (Lipinski definition) is 4. The number of nitrogens with two attached hydrogens (primary N) is 1. The molecule has 1 unspecified atom stereocenters. The van der Waals surface area contributed by atoms with E-state index in [0.29, 0.717) is 0 Å². The number of hydrogen-bond donors (Lipinski definition) is 1. The molecule has 1 saturated heterocycles. The average Bonchev–Trinajstić information content (AvgIpc) is 2.73. The second kappa shape index (κ2) is 4.77. The summed E-state index contributed by atoms with van der Waals surface area (Å²) in [6.07, 6.45) is -1.25. The van der Waals surface area contributed by atoms with Crippen molar-refractivity contribution in [3.05, 3.63) is 23.8 Å². The van der Waals surface area contributed by atoms with Gasteiger partial charge in [0.05, 0.1) is 19.3 Å². The molecule has 2 N–H and O–H groups in total. The summed E-state index contributed by atoms with van der Waals surface area (Å²) in [6, 6.07) is 1.78. The number of amides is 1. The number of carbonyl (C=O) groups is 1. The molecule has 1 aromatic carbocycles. The average molecular weight is 258 g/mol. The fourth-order valence-electron chi connectivity index (χ4n) is 1.72. The molecule has 1 fully saturated rings. The third kappa shape index (κ3) is 2.08. The first-order chi connectivity index (χ1) is 8.56. The Morgan fingerprint density at radius 2 is 2.22 bits per heavy atom. The highest BCUT2D eigenvalue weighted by molar-refractivity contribution is 5.90. The van der Waals surface area contributed by atoms with Crippen LogP contribution in [-0.2, 0) is 4.74 Å². The molecule has 0 aromatic heterocycles. The molecule has 0 spiro atoms. The van der Waals surface area contributed by atoms with Crippen molar-refractivity contribution in [3.63, 3.8) is 0 Å².